The van der Waals surface area contributed by atoms with Gasteiger partial charge in [0.2, 0.25) is 5.76 Å². The van der Waals surface area contributed by atoms with Crippen LogP contribution < -0.4 is 0 Å². The molecule has 7 heteroatoms. The summed E-state index contributed by atoms with van der Waals surface area (Å²) >= 11 is 0. The second-order valence-corrected chi connectivity index (χ2v) is 5.65. The number of furan rings is 1. The first kappa shape index (κ1) is 15.5. The summed E-state index contributed by atoms with van der Waals surface area (Å²) in [5.41, 5.74) is 0. The van der Waals surface area contributed by atoms with Gasteiger partial charge in [-0.2, -0.15) is 0 Å². The van der Waals surface area contributed by atoms with Crippen molar-refractivity contribution in [3.8, 4) is 0 Å². The Morgan fingerprint density at radius 2 is 2.14 bits per heavy atom. The van der Waals surface area contributed by atoms with Gasteiger partial charge >= 0.3 is 11.9 Å². The van der Waals surface area contributed by atoms with Crippen LogP contribution in [0, 0.1) is 16.0 Å². The number of esters is 1. The molecule has 0 bridgehead atoms. The van der Waals surface area contributed by atoms with E-state index in [4.69, 9.17) is 9.15 Å². The topological polar surface area (TPSA) is 85.8 Å². The first-order valence-corrected chi connectivity index (χ1v) is 7.07. The third-order valence-corrected chi connectivity index (χ3v) is 3.67. The summed E-state index contributed by atoms with van der Waals surface area (Å²) in [5.74, 6) is -0.896. The molecule has 21 heavy (non-hydrogen) atoms. The highest BCUT2D eigenvalue weighted by atomic mass is 16.7. The Hall–Kier alpha value is -1.89. The standard InChI is InChI=1S/C14H20N2O5/c1-15(2)9-10-5-3-4-6-11(10)21-14(17)12-7-8-13(20-12)16(18)19/h7-8,10-11H,3-6,9H2,1-2H3/t10-,11+/m0/s1. The van der Waals surface area contributed by atoms with Crippen LogP contribution in [0.25, 0.3) is 0 Å². The zero-order valence-corrected chi connectivity index (χ0v) is 12.3. The minimum atomic E-state index is -0.674. The Morgan fingerprint density at radius 1 is 1.43 bits per heavy atom. The maximum Gasteiger partial charge on any atom is 0.433 e. The zero-order valence-electron chi connectivity index (χ0n) is 12.3. The largest absolute Gasteiger partial charge is 0.456 e. The van der Waals surface area contributed by atoms with Crippen molar-refractivity contribution in [2.45, 2.75) is 31.8 Å². The summed E-state index contributed by atoms with van der Waals surface area (Å²) in [5, 5.41) is 10.6. The van der Waals surface area contributed by atoms with Crippen molar-refractivity contribution in [2.24, 2.45) is 5.92 Å². The lowest BCUT2D eigenvalue weighted by Crippen LogP contribution is -2.36. The molecule has 1 aromatic rings. The molecule has 7 nitrogen and oxygen atoms in total. The van der Waals surface area contributed by atoms with Crippen molar-refractivity contribution < 1.29 is 18.9 Å². The average molecular weight is 296 g/mol. The van der Waals surface area contributed by atoms with Gasteiger partial charge in [0.05, 0.1) is 6.07 Å². The van der Waals surface area contributed by atoms with Crippen LogP contribution in [0.1, 0.15) is 36.2 Å². The molecule has 0 saturated heterocycles. The molecule has 1 aliphatic rings. The number of rotatable bonds is 5. The molecule has 1 heterocycles. The third-order valence-electron chi connectivity index (χ3n) is 3.67. The number of ether oxygens (including phenoxy) is 1. The van der Waals surface area contributed by atoms with Crippen molar-refractivity contribution in [3.63, 3.8) is 0 Å². The average Bonchev–Trinajstić information content (AvgIpc) is 2.90. The maximum absolute atomic E-state index is 12.0. The van der Waals surface area contributed by atoms with E-state index in [1.807, 2.05) is 14.1 Å². The lowest BCUT2D eigenvalue weighted by Gasteiger charge is -2.32. The number of hydrogen-bond acceptors (Lipinski definition) is 6. The van der Waals surface area contributed by atoms with Crippen LogP contribution in [-0.2, 0) is 4.74 Å². The highest BCUT2D eigenvalue weighted by Crippen LogP contribution is 2.28. The zero-order chi connectivity index (χ0) is 15.4. The first-order chi connectivity index (χ1) is 9.97. The highest BCUT2D eigenvalue weighted by Gasteiger charge is 2.30. The molecule has 116 valence electrons. The fourth-order valence-electron chi connectivity index (χ4n) is 2.74. The summed E-state index contributed by atoms with van der Waals surface area (Å²) in [7, 11) is 3.98. The van der Waals surface area contributed by atoms with E-state index in [0.717, 1.165) is 38.3 Å². The Morgan fingerprint density at radius 3 is 2.76 bits per heavy atom. The van der Waals surface area contributed by atoms with Crippen molar-refractivity contribution in [1.82, 2.24) is 4.90 Å². The van der Waals surface area contributed by atoms with Crippen LogP contribution in [0.2, 0.25) is 0 Å². The van der Waals surface area contributed by atoms with E-state index >= 15 is 0 Å². The smallest absolute Gasteiger partial charge is 0.433 e. The van der Waals surface area contributed by atoms with Crippen LogP contribution in [-0.4, -0.2) is 42.5 Å². The molecule has 2 rings (SSSR count). The van der Waals surface area contributed by atoms with E-state index in [0.29, 0.717) is 5.92 Å². The number of hydrogen-bond donors (Lipinski definition) is 0. The van der Waals surface area contributed by atoms with E-state index < -0.39 is 16.8 Å². The molecular weight excluding hydrogens is 276 g/mol. The van der Waals surface area contributed by atoms with E-state index in [9.17, 15) is 14.9 Å². The lowest BCUT2D eigenvalue weighted by atomic mass is 9.86. The Kier molecular flexibility index (Phi) is 4.95. The molecule has 0 unspecified atom stereocenters. The molecule has 0 amide bonds. The third kappa shape index (κ3) is 4.04. The van der Waals surface area contributed by atoms with Gasteiger partial charge in [-0.05, 0) is 39.4 Å². The van der Waals surface area contributed by atoms with Crippen LogP contribution in [0.15, 0.2) is 16.5 Å². The second kappa shape index (κ2) is 6.71. The van der Waals surface area contributed by atoms with Crippen molar-refractivity contribution >= 4 is 11.9 Å². The van der Waals surface area contributed by atoms with Gasteiger partial charge < -0.3 is 14.1 Å². The van der Waals surface area contributed by atoms with Crippen LogP contribution in [0.5, 0.6) is 0 Å². The maximum atomic E-state index is 12.0. The molecule has 0 aromatic carbocycles. The van der Waals surface area contributed by atoms with Crippen LogP contribution in [0.3, 0.4) is 0 Å². The molecule has 0 radical (unpaired) electrons. The fourth-order valence-corrected chi connectivity index (χ4v) is 2.74. The molecule has 2 atom stereocenters. The van der Waals surface area contributed by atoms with E-state index in [1.165, 1.54) is 6.07 Å². The minimum absolute atomic E-state index is 0.115. The van der Waals surface area contributed by atoms with Crippen molar-refractivity contribution in [1.29, 1.82) is 0 Å². The SMILES string of the molecule is CN(C)C[C@@H]1CCCC[C@H]1OC(=O)c1ccc([N+](=O)[O-])o1. The molecule has 0 spiro atoms. The molecular formula is C14H20N2O5. The Balaban J connectivity index is 2.00. The molecule has 0 N–H and O–H groups in total. The fraction of sp³-hybridized carbons (Fsp3) is 0.643. The van der Waals surface area contributed by atoms with Crippen LogP contribution in [0.4, 0.5) is 5.88 Å². The molecule has 1 saturated carbocycles. The number of carbonyl (C=O) groups is 1. The predicted octanol–water partition coefficient (Wildman–Crippen LogP) is 2.47. The van der Waals surface area contributed by atoms with E-state index in [1.54, 1.807) is 0 Å². The number of nitrogens with zero attached hydrogens (tertiary/aromatic N) is 2. The highest BCUT2D eigenvalue weighted by molar-refractivity contribution is 5.86. The molecule has 0 aliphatic heterocycles. The summed E-state index contributed by atoms with van der Waals surface area (Å²) in [6.45, 7) is 0.857. The van der Waals surface area contributed by atoms with Gasteiger partial charge in [0.15, 0.2) is 0 Å². The van der Waals surface area contributed by atoms with Crippen molar-refractivity contribution in [3.05, 3.63) is 28.0 Å². The van der Waals surface area contributed by atoms with Gasteiger partial charge in [0, 0.05) is 12.5 Å². The first-order valence-electron chi connectivity index (χ1n) is 7.07. The predicted molar refractivity (Wildman–Crippen MR) is 75.1 cm³/mol. The van der Waals surface area contributed by atoms with Gasteiger partial charge in [0.25, 0.3) is 0 Å². The second-order valence-electron chi connectivity index (χ2n) is 5.65. The van der Waals surface area contributed by atoms with Gasteiger partial charge in [0.1, 0.15) is 11.0 Å². The van der Waals surface area contributed by atoms with E-state index in [-0.39, 0.29) is 11.9 Å². The van der Waals surface area contributed by atoms with Gasteiger partial charge in [-0.3, -0.25) is 10.1 Å². The Labute approximate surface area is 123 Å². The number of nitro groups is 1. The van der Waals surface area contributed by atoms with Crippen LogP contribution >= 0.6 is 0 Å². The molecule has 1 aromatic heterocycles. The summed E-state index contributed by atoms with van der Waals surface area (Å²) in [4.78, 5) is 24.0. The van der Waals surface area contributed by atoms with E-state index in [2.05, 4.69) is 4.90 Å². The lowest BCUT2D eigenvalue weighted by molar-refractivity contribution is -0.402. The quantitative estimate of drug-likeness (QED) is 0.471. The van der Waals surface area contributed by atoms with Gasteiger partial charge in [-0.15, -0.1) is 0 Å². The summed E-state index contributed by atoms with van der Waals surface area (Å²) in [6.07, 6.45) is 3.86. The monoisotopic (exact) mass is 296 g/mol. The Bertz CT molecular complexity index is 511. The normalized spacial score (nSPS) is 22.2. The molecule has 1 fully saturated rings. The summed E-state index contributed by atoms with van der Waals surface area (Å²) < 4.78 is 10.4. The summed E-state index contributed by atoms with van der Waals surface area (Å²) in [6, 6.07) is 2.44. The van der Waals surface area contributed by atoms with Gasteiger partial charge in [-0.1, -0.05) is 6.42 Å². The molecule has 1 aliphatic carbocycles. The van der Waals surface area contributed by atoms with Gasteiger partial charge in [-0.25, -0.2) is 4.79 Å². The van der Waals surface area contributed by atoms with Crippen molar-refractivity contribution in [2.75, 3.05) is 20.6 Å². The number of carbonyl (C=O) groups excluding carboxylic acids is 1. The minimum Gasteiger partial charge on any atom is -0.456 e.